The van der Waals surface area contributed by atoms with Gasteiger partial charge in [-0.2, -0.15) is 5.10 Å². The average Bonchev–Trinajstić information content (AvgIpc) is 2.76. The molecule has 0 unspecified atom stereocenters. The molecule has 0 aliphatic carbocycles. The molecule has 0 spiro atoms. The van der Waals surface area contributed by atoms with Crippen molar-refractivity contribution < 1.29 is 14.8 Å². The number of nitrogens with zero attached hydrogens (tertiary/aromatic N) is 3. The molecule has 2 rings (SSSR count). The van der Waals surface area contributed by atoms with E-state index >= 15 is 0 Å². The van der Waals surface area contributed by atoms with E-state index in [9.17, 15) is 14.9 Å². The van der Waals surface area contributed by atoms with Crippen LogP contribution >= 0.6 is 0 Å². The standard InChI is InChI=1S/C11H9N3O4/c15-11(16)5-8-6-12-13(7-8)9-3-1-2-4-10(9)14(17)18/h1-4,6-7H,5H2,(H,15,16). The van der Waals surface area contributed by atoms with E-state index in [-0.39, 0.29) is 12.1 Å². The second-order valence-corrected chi connectivity index (χ2v) is 3.61. The summed E-state index contributed by atoms with van der Waals surface area (Å²) in [4.78, 5) is 20.9. The average molecular weight is 247 g/mol. The molecular formula is C11H9N3O4. The molecule has 0 amide bonds. The Morgan fingerprint density at radius 2 is 2.17 bits per heavy atom. The molecule has 0 fully saturated rings. The van der Waals surface area contributed by atoms with Crippen molar-refractivity contribution in [3.05, 3.63) is 52.3 Å². The number of carbonyl (C=O) groups is 1. The zero-order valence-electron chi connectivity index (χ0n) is 9.18. The van der Waals surface area contributed by atoms with E-state index in [0.29, 0.717) is 11.3 Å². The van der Waals surface area contributed by atoms with E-state index < -0.39 is 10.9 Å². The monoisotopic (exact) mass is 247 g/mol. The number of hydrogen-bond acceptors (Lipinski definition) is 4. The SMILES string of the molecule is O=C(O)Cc1cnn(-c2ccccc2[N+](=O)[O-])c1. The lowest BCUT2D eigenvalue weighted by atomic mass is 10.2. The largest absolute Gasteiger partial charge is 0.481 e. The van der Waals surface area contributed by atoms with Gasteiger partial charge in [0.1, 0.15) is 5.69 Å². The number of aromatic nitrogens is 2. The molecule has 2 aromatic rings. The Balaban J connectivity index is 2.40. The van der Waals surface area contributed by atoms with Crippen LogP contribution in [0.2, 0.25) is 0 Å². The number of rotatable bonds is 4. The van der Waals surface area contributed by atoms with Gasteiger partial charge in [0.15, 0.2) is 0 Å². The lowest BCUT2D eigenvalue weighted by Gasteiger charge is -2.01. The van der Waals surface area contributed by atoms with Crippen LogP contribution in [0, 0.1) is 10.1 Å². The molecule has 1 N–H and O–H groups in total. The minimum Gasteiger partial charge on any atom is -0.481 e. The van der Waals surface area contributed by atoms with Gasteiger partial charge in [0.25, 0.3) is 5.69 Å². The van der Waals surface area contributed by atoms with E-state index in [1.807, 2.05) is 0 Å². The summed E-state index contributed by atoms with van der Waals surface area (Å²) in [7, 11) is 0. The molecule has 1 aromatic carbocycles. The smallest absolute Gasteiger partial charge is 0.307 e. The highest BCUT2D eigenvalue weighted by atomic mass is 16.6. The Morgan fingerprint density at radius 1 is 1.44 bits per heavy atom. The van der Waals surface area contributed by atoms with Gasteiger partial charge in [0.05, 0.1) is 17.5 Å². The van der Waals surface area contributed by atoms with Crippen LogP contribution in [-0.4, -0.2) is 25.8 Å². The van der Waals surface area contributed by atoms with Gasteiger partial charge in [0.2, 0.25) is 0 Å². The summed E-state index contributed by atoms with van der Waals surface area (Å²) in [5.74, 6) is -0.975. The minimum absolute atomic E-state index is 0.0810. The quantitative estimate of drug-likeness (QED) is 0.650. The fourth-order valence-corrected chi connectivity index (χ4v) is 1.57. The van der Waals surface area contributed by atoms with Crippen molar-refractivity contribution in [2.24, 2.45) is 0 Å². The molecule has 1 heterocycles. The number of carboxylic acid groups (broad SMARTS) is 1. The molecule has 7 heteroatoms. The Hall–Kier alpha value is -2.70. The van der Waals surface area contributed by atoms with Gasteiger partial charge >= 0.3 is 5.97 Å². The molecular weight excluding hydrogens is 238 g/mol. The maximum absolute atomic E-state index is 10.8. The molecule has 0 bridgehead atoms. The third-order valence-electron chi connectivity index (χ3n) is 2.32. The van der Waals surface area contributed by atoms with Gasteiger partial charge in [-0.25, -0.2) is 4.68 Å². The normalized spacial score (nSPS) is 10.2. The summed E-state index contributed by atoms with van der Waals surface area (Å²) in [6.07, 6.45) is 2.68. The number of carboxylic acids is 1. The minimum atomic E-state index is -0.975. The van der Waals surface area contributed by atoms with Gasteiger partial charge in [-0.3, -0.25) is 14.9 Å². The van der Waals surface area contributed by atoms with E-state index in [1.54, 1.807) is 18.2 Å². The van der Waals surface area contributed by atoms with Crippen LogP contribution in [0.5, 0.6) is 0 Å². The fraction of sp³-hybridized carbons (Fsp3) is 0.0909. The Kier molecular flexibility index (Phi) is 3.05. The van der Waals surface area contributed by atoms with Gasteiger partial charge in [-0.15, -0.1) is 0 Å². The number of para-hydroxylation sites is 2. The Bertz CT molecular complexity index is 606. The third kappa shape index (κ3) is 2.34. The van der Waals surface area contributed by atoms with Gasteiger partial charge < -0.3 is 5.11 Å². The highest BCUT2D eigenvalue weighted by molar-refractivity contribution is 5.70. The first-order valence-electron chi connectivity index (χ1n) is 5.07. The van der Waals surface area contributed by atoms with Crippen molar-refractivity contribution in [3.8, 4) is 5.69 Å². The maximum atomic E-state index is 10.8. The predicted octanol–water partition coefficient (Wildman–Crippen LogP) is 1.41. The predicted molar refractivity (Wildman–Crippen MR) is 61.6 cm³/mol. The van der Waals surface area contributed by atoms with Gasteiger partial charge in [-0.05, 0) is 6.07 Å². The van der Waals surface area contributed by atoms with Crippen molar-refractivity contribution in [1.82, 2.24) is 9.78 Å². The molecule has 92 valence electrons. The Morgan fingerprint density at radius 3 is 2.83 bits per heavy atom. The van der Waals surface area contributed by atoms with Crippen LogP contribution in [0.15, 0.2) is 36.7 Å². The van der Waals surface area contributed by atoms with Crippen LogP contribution in [0.4, 0.5) is 5.69 Å². The number of hydrogen-bond donors (Lipinski definition) is 1. The molecule has 1 aromatic heterocycles. The van der Waals surface area contributed by atoms with E-state index in [1.165, 1.54) is 23.1 Å². The first-order valence-corrected chi connectivity index (χ1v) is 5.07. The van der Waals surface area contributed by atoms with Crippen molar-refractivity contribution in [2.45, 2.75) is 6.42 Å². The molecule has 0 saturated carbocycles. The summed E-state index contributed by atoms with van der Waals surface area (Å²) < 4.78 is 1.30. The maximum Gasteiger partial charge on any atom is 0.307 e. The van der Waals surface area contributed by atoms with E-state index in [2.05, 4.69) is 5.10 Å². The summed E-state index contributed by atoms with van der Waals surface area (Å²) >= 11 is 0. The lowest BCUT2D eigenvalue weighted by Crippen LogP contribution is -2.01. The first kappa shape index (κ1) is 11.8. The topological polar surface area (TPSA) is 98.3 Å². The molecule has 0 radical (unpaired) electrons. The summed E-state index contributed by atoms with van der Waals surface area (Å²) in [5, 5.41) is 23.4. The summed E-state index contributed by atoms with van der Waals surface area (Å²) in [6, 6.07) is 6.13. The lowest BCUT2D eigenvalue weighted by molar-refractivity contribution is -0.384. The molecule has 0 atom stereocenters. The van der Waals surface area contributed by atoms with Crippen molar-refractivity contribution in [3.63, 3.8) is 0 Å². The van der Waals surface area contributed by atoms with Crippen LogP contribution in [0.3, 0.4) is 0 Å². The summed E-state index contributed by atoms with van der Waals surface area (Å²) in [6.45, 7) is 0. The highest BCUT2D eigenvalue weighted by Crippen LogP contribution is 2.21. The third-order valence-corrected chi connectivity index (χ3v) is 2.32. The number of benzene rings is 1. The molecule has 7 nitrogen and oxygen atoms in total. The molecule has 0 saturated heterocycles. The second-order valence-electron chi connectivity index (χ2n) is 3.61. The van der Waals surface area contributed by atoms with Crippen molar-refractivity contribution >= 4 is 11.7 Å². The second kappa shape index (κ2) is 4.66. The van der Waals surface area contributed by atoms with Gasteiger partial charge in [-0.1, -0.05) is 12.1 Å². The molecule has 18 heavy (non-hydrogen) atoms. The summed E-state index contributed by atoms with van der Waals surface area (Å²) in [5.41, 5.74) is 0.710. The van der Waals surface area contributed by atoms with Crippen LogP contribution in [0.25, 0.3) is 5.69 Å². The van der Waals surface area contributed by atoms with Crippen molar-refractivity contribution in [2.75, 3.05) is 0 Å². The van der Waals surface area contributed by atoms with E-state index in [4.69, 9.17) is 5.11 Å². The highest BCUT2D eigenvalue weighted by Gasteiger charge is 2.15. The first-order chi connectivity index (χ1) is 8.58. The molecule has 0 aliphatic rings. The fourth-order valence-electron chi connectivity index (χ4n) is 1.57. The number of nitro groups is 1. The van der Waals surface area contributed by atoms with Crippen molar-refractivity contribution in [1.29, 1.82) is 0 Å². The Labute approximate surface area is 101 Å². The van der Waals surface area contributed by atoms with Crippen LogP contribution in [0.1, 0.15) is 5.56 Å². The number of aliphatic carboxylic acids is 1. The van der Waals surface area contributed by atoms with Gasteiger partial charge in [0, 0.05) is 17.8 Å². The van der Waals surface area contributed by atoms with Crippen LogP contribution < -0.4 is 0 Å². The number of nitro benzene ring substituents is 1. The zero-order valence-corrected chi connectivity index (χ0v) is 9.18. The van der Waals surface area contributed by atoms with E-state index in [0.717, 1.165) is 0 Å². The van der Waals surface area contributed by atoms with Crippen LogP contribution in [-0.2, 0) is 11.2 Å². The molecule has 0 aliphatic heterocycles. The zero-order chi connectivity index (χ0) is 13.1.